The van der Waals surface area contributed by atoms with Gasteiger partial charge in [-0.3, -0.25) is 0 Å². The smallest absolute Gasteiger partial charge is 0.205 e. The van der Waals surface area contributed by atoms with Crippen LogP contribution in [0.4, 0.5) is 17.6 Å². The maximum Gasteiger partial charge on any atom is 0.399 e. The summed E-state index contributed by atoms with van der Waals surface area (Å²) in [6.07, 6.45) is -4.29. The molecule has 6 heteroatoms. The number of hydrogen-bond donors (Lipinski definition) is 0. The predicted molar refractivity (Wildman–Crippen MR) is 99.1 cm³/mol. The lowest BCUT2D eigenvalue weighted by Gasteiger charge is -2.36. The third-order valence-corrected chi connectivity index (χ3v) is 4.78. The maximum atomic E-state index is 14.2. The summed E-state index contributed by atoms with van der Waals surface area (Å²) in [6, 6.07) is 9.50. The Kier molecular flexibility index (Phi) is 6.20. The molecule has 0 saturated heterocycles. The standard InChI is InChI=1S/C20H16Cl2F4/c1-3-9-19(20(24,25)26,15-7-8-18(23)17(22)11-15)12-13(2)14-5-4-6-16(21)10-14/h3-8,10-11H,1-2,9,12H2. The highest BCUT2D eigenvalue weighted by Crippen LogP contribution is 2.50. The molecule has 0 heterocycles. The maximum absolute atomic E-state index is 14.2. The fourth-order valence-electron chi connectivity index (χ4n) is 2.89. The molecule has 0 aliphatic carbocycles. The van der Waals surface area contributed by atoms with Gasteiger partial charge in [0.25, 0.3) is 0 Å². The van der Waals surface area contributed by atoms with Crippen LogP contribution in [-0.4, -0.2) is 6.18 Å². The molecule has 1 unspecified atom stereocenters. The van der Waals surface area contributed by atoms with E-state index >= 15 is 0 Å². The van der Waals surface area contributed by atoms with Crippen molar-refractivity contribution >= 4 is 28.8 Å². The van der Waals surface area contributed by atoms with Crippen LogP contribution in [0.3, 0.4) is 0 Å². The molecule has 0 radical (unpaired) electrons. The first-order valence-corrected chi connectivity index (χ1v) is 8.43. The molecule has 1 atom stereocenters. The van der Waals surface area contributed by atoms with Crippen molar-refractivity contribution in [2.75, 3.05) is 0 Å². The normalized spacial score (nSPS) is 13.9. The Morgan fingerprint density at radius 2 is 1.77 bits per heavy atom. The second-order valence-electron chi connectivity index (χ2n) is 5.99. The number of halogens is 6. The van der Waals surface area contributed by atoms with E-state index in [0.29, 0.717) is 10.6 Å². The fraction of sp³-hybridized carbons (Fsp3) is 0.200. The quantitative estimate of drug-likeness (QED) is 0.344. The van der Waals surface area contributed by atoms with E-state index in [9.17, 15) is 17.6 Å². The van der Waals surface area contributed by atoms with Crippen LogP contribution in [0.15, 0.2) is 61.7 Å². The molecule has 0 saturated carbocycles. The Balaban J connectivity index is 2.57. The van der Waals surface area contributed by atoms with Crippen LogP contribution in [0.1, 0.15) is 24.0 Å². The van der Waals surface area contributed by atoms with Crippen LogP contribution < -0.4 is 0 Å². The molecule has 0 fully saturated rings. The summed E-state index contributed by atoms with van der Waals surface area (Å²) in [5.74, 6) is -0.779. The molecule has 0 spiro atoms. The number of rotatable bonds is 6. The van der Waals surface area contributed by atoms with Crippen molar-refractivity contribution in [2.24, 2.45) is 0 Å². The van der Waals surface area contributed by atoms with Crippen LogP contribution >= 0.6 is 23.2 Å². The van der Waals surface area contributed by atoms with Gasteiger partial charge in [-0.2, -0.15) is 13.2 Å². The molecule has 0 aromatic heterocycles. The monoisotopic (exact) mass is 402 g/mol. The lowest BCUT2D eigenvalue weighted by molar-refractivity contribution is -0.188. The molecule has 2 aromatic rings. The van der Waals surface area contributed by atoms with Crippen LogP contribution in [0.25, 0.3) is 5.57 Å². The largest absolute Gasteiger partial charge is 0.399 e. The highest BCUT2D eigenvalue weighted by Gasteiger charge is 2.55. The summed E-state index contributed by atoms with van der Waals surface area (Å²) in [5.41, 5.74) is -1.71. The first-order chi connectivity index (χ1) is 12.1. The molecule has 0 N–H and O–H groups in total. The van der Waals surface area contributed by atoms with Crippen molar-refractivity contribution in [3.63, 3.8) is 0 Å². The molecule has 0 aliphatic rings. The van der Waals surface area contributed by atoms with Gasteiger partial charge in [0, 0.05) is 5.02 Å². The highest BCUT2D eigenvalue weighted by atomic mass is 35.5. The summed E-state index contributed by atoms with van der Waals surface area (Å²) in [4.78, 5) is 0. The van der Waals surface area contributed by atoms with E-state index in [-0.39, 0.29) is 16.2 Å². The van der Waals surface area contributed by atoms with Gasteiger partial charge >= 0.3 is 6.18 Å². The van der Waals surface area contributed by atoms with Gasteiger partial charge in [0.05, 0.1) is 10.4 Å². The van der Waals surface area contributed by atoms with Crippen molar-refractivity contribution in [1.82, 2.24) is 0 Å². The van der Waals surface area contributed by atoms with Gasteiger partial charge in [0.1, 0.15) is 5.82 Å². The number of allylic oxidation sites excluding steroid dienone is 2. The van der Waals surface area contributed by atoms with E-state index < -0.39 is 30.3 Å². The van der Waals surface area contributed by atoms with Crippen molar-refractivity contribution in [3.05, 3.63) is 88.7 Å². The summed E-state index contributed by atoms with van der Waals surface area (Å²) >= 11 is 11.7. The Morgan fingerprint density at radius 3 is 2.31 bits per heavy atom. The Labute approximate surface area is 159 Å². The molecule has 138 valence electrons. The van der Waals surface area contributed by atoms with Gasteiger partial charge < -0.3 is 0 Å². The van der Waals surface area contributed by atoms with Gasteiger partial charge in [-0.25, -0.2) is 4.39 Å². The van der Waals surface area contributed by atoms with Crippen molar-refractivity contribution in [2.45, 2.75) is 24.4 Å². The first kappa shape index (κ1) is 20.5. The van der Waals surface area contributed by atoms with E-state index in [1.807, 2.05) is 0 Å². The zero-order valence-electron chi connectivity index (χ0n) is 13.7. The highest BCUT2D eigenvalue weighted by molar-refractivity contribution is 6.31. The van der Waals surface area contributed by atoms with Crippen molar-refractivity contribution in [1.29, 1.82) is 0 Å². The van der Waals surface area contributed by atoms with Gasteiger partial charge in [0.2, 0.25) is 0 Å². The minimum atomic E-state index is -4.64. The number of benzene rings is 2. The third-order valence-electron chi connectivity index (χ3n) is 4.26. The van der Waals surface area contributed by atoms with E-state index in [4.69, 9.17) is 23.2 Å². The zero-order valence-corrected chi connectivity index (χ0v) is 15.2. The first-order valence-electron chi connectivity index (χ1n) is 7.67. The minimum Gasteiger partial charge on any atom is -0.205 e. The van der Waals surface area contributed by atoms with Gasteiger partial charge in [-0.1, -0.05) is 54.1 Å². The fourth-order valence-corrected chi connectivity index (χ4v) is 3.26. The predicted octanol–water partition coefficient (Wildman–Crippen LogP) is 7.61. The second kappa shape index (κ2) is 7.85. The van der Waals surface area contributed by atoms with Crippen LogP contribution in [-0.2, 0) is 5.41 Å². The molecule has 2 rings (SSSR count). The molecule has 0 nitrogen and oxygen atoms in total. The number of alkyl halides is 3. The molecule has 2 aromatic carbocycles. The van der Waals surface area contributed by atoms with Crippen LogP contribution in [0.2, 0.25) is 10.0 Å². The van der Waals surface area contributed by atoms with Crippen LogP contribution in [0.5, 0.6) is 0 Å². The summed E-state index contributed by atoms with van der Waals surface area (Å²) in [6.45, 7) is 7.27. The number of hydrogen-bond acceptors (Lipinski definition) is 0. The van der Waals surface area contributed by atoms with Gasteiger partial charge in [0.15, 0.2) is 0 Å². The molecule has 0 bridgehead atoms. The molecular weight excluding hydrogens is 387 g/mol. The second-order valence-corrected chi connectivity index (χ2v) is 6.84. The Bertz CT molecular complexity index is 827. The molecule has 26 heavy (non-hydrogen) atoms. The molecule has 0 aliphatic heterocycles. The molecular formula is C20H16Cl2F4. The Morgan fingerprint density at radius 1 is 1.08 bits per heavy atom. The van der Waals surface area contributed by atoms with Crippen LogP contribution in [0, 0.1) is 5.82 Å². The van der Waals surface area contributed by atoms with Gasteiger partial charge in [-0.15, -0.1) is 6.58 Å². The van der Waals surface area contributed by atoms with Crippen molar-refractivity contribution in [3.8, 4) is 0 Å². The van der Waals surface area contributed by atoms with E-state index in [0.717, 1.165) is 18.2 Å². The summed E-state index contributed by atoms with van der Waals surface area (Å²) < 4.78 is 56.0. The summed E-state index contributed by atoms with van der Waals surface area (Å²) in [7, 11) is 0. The lowest BCUT2D eigenvalue weighted by Crippen LogP contribution is -2.42. The summed E-state index contributed by atoms with van der Waals surface area (Å²) in [5, 5.41) is 0.0309. The van der Waals surface area contributed by atoms with E-state index in [1.54, 1.807) is 24.3 Å². The minimum absolute atomic E-state index is 0.139. The average molecular weight is 403 g/mol. The van der Waals surface area contributed by atoms with Gasteiger partial charge in [-0.05, 0) is 53.8 Å². The Hall–Kier alpha value is -1.78. The third kappa shape index (κ3) is 4.13. The zero-order chi connectivity index (χ0) is 19.5. The van der Waals surface area contributed by atoms with E-state index in [1.165, 1.54) is 6.08 Å². The lowest BCUT2D eigenvalue weighted by atomic mass is 9.71. The van der Waals surface area contributed by atoms with E-state index in [2.05, 4.69) is 13.2 Å². The SMILES string of the molecule is C=CCC(CC(=C)c1cccc(Cl)c1)(c1ccc(F)c(Cl)c1)C(F)(F)F. The topological polar surface area (TPSA) is 0 Å². The average Bonchev–Trinajstić information content (AvgIpc) is 2.55. The molecule has 0 amide bonds. The van der Waals surface area contributed by atoms with Crippen molar-refractivity contribution < 1.29 is 17.6 Å².